The number of carbonyl (C=O) groups is 2. The summed E-state index contributed by atoms with van der Waals surface area (Å²) in [5, 5.41) is 3.91. The highest BCUT2D eigenvalue weighted by atomic mass is 35.5. The summed E-state index contributed by atoms with van der Waals surface area (Å²) in [6.45, 7) is 5.00. The van der Waals surface area contributed by atoms with Crippen molar-refractivity contribution in [3.8, 4) is 0 Å². The van der Waals surface area contributed by atoms with E-state index in [1.807, 2.05) is 37.3 Å². The van der Waals surface area contributed by atoms with Crippen LogP contribution < -0.4 is 9.62 Å². The Morgan fingerprint density at radius 3 is 2.18 bits per heavy atom. The Morgan fingerprint density at radius 1 is 0.844 bits per heavy atom. The maximum Gasteiger partial charge on any atom is 0.264 e. The quantitative estimate of drug-likeness (QED) is 0.170. The molecule has 11 heteroatoms. The summed E-state index contributed by atoms with van der Waals surface area (Å²) >= 11 is 19.1. The fourth-order valence-corrected chi connectivity index (χ4v) is 7.01. The summed E-state index contributed by atoms with van der Waals surface area (Å²) in [6, 6.07) is 24.5. The maximum absolute atomic E-state index is 14.5. The number of halogens is 3. The number of hydrogen-bond acceptors (Lipinski definition) is 4. The normalized spacial score (nSPS) is 12.0. The van der Waals surface area contributed by atoms with Crippen LogP contribution in [0, 0.1) is 13.8 Å². The van der Waals surface area contributed by atoms with E-state index < -0.39 is 28.5 Å². The van der Waals surface area contributed by atoms with Gasteiger partial charge in [-0.3, -0.25) is 13.9 Å². The second-order valence-electron chi connectivity index (χ2n) is 10.6. The van der Waals surface area contributed by atoms with Crippen LogP contribution in [0.5, 0.6) is 0 Å². The highest BCUT2D eigenvalue weighted by molar-refractivity contribution is 7.92. The zero-order valence-corrected chi connectivity index (χ0v) is 28.2. The zero-order chi connectivity index (χ0) is 32.7. The van der Waals surface area contributed by atoms with Crippen LogP contribution in [0.25, 0.3) is 0 Å². The van der Waals surface area contributed by atoms with Gasteiger partial charge in [0.1, 0.15) is 12.6 Å². The molecule has 0 saturated carbocycles. The lowest BCUT2D eigenvalue weighted by Gasteiger charge is -2.34. The van der Waals surface area contributed by atoms with Crippen LogP contribution in [-0.2, 0) is 32.6 Å². The van der Waals surface area contributed by atoms with Gasteiger partial charge in [0.05, 0.1) is 10.6 Å². The second kappa shape index (κ2) is 15.1. The third kappa shape index (κ3) is 8.38. The molecule has 0 aliphatic heterocycles. The number of aryl methyl sites for hydroxylation is 1. The fraction of sp³-hybridized carbons (Fsp3) is 0.235. The lowest BCUT2D eigenvalue weighted by molar-refractivity contribution is -0.140. The summed E-state index contributed by atoms with van der Waals surface area (Å²) in [5.41, 5.74) is 2.98. The molecule has 0 unspecified atom stereocenters. The molecule has 1 atom stereocenters. The second-order valence-corrected chi connectivity index (χ2v) is 13.7. The number of nitrogens with zero attached hydrogens (tertiary/aromatic N) is 2. The molecular formula is C34H34Cl3N3O4S. The van der Waals surface area contributed by atoms with Gasteiger partial charge in [-0.25, -0.2) is 8.42 Å². The van der Waals surface area contributed by atoms with Gasteiger partial charge in [0.15, 0.2) is 0 Å². The highest BCUT2D eigenvalue weighted by Gasteiger charge is 2.35. The largest absolute Gasteiger partial charge is 0.355 e. The van der Waals surface area contributed by atoms with Gasteiger partial charge in [-0.15, -0.1) is 0 Å². The van der Waals surface area contributed by atoms with Crippen molar-refractivity contribution in [3.63, 3.8) is 0 Å². The highest BCUT2D eigenvalue weighted by Crippen LogP contribution is 2.32. The van der Waals surface area contributed by atoms with Crippen molar-refractivity contribution in [1.29, 1.82) is 0 Å². The first-order valence-corrected chi connectivity index (χ1v) is 16.9. The van der Waals surface area contributed by atoms with E-state index in [0.717, 1.165) is 15.4 Å². The van der Waals surface area contributed by atoms with Crippen LogP contribution in [-0.4, -0.2) is 44.3 Å². The first-order chi connectivity index (χ1) is 21.4. The van der Waals surface area contributed by atoms with E-state index in [-0.39, 0.29) is 29.5 Å². The maximum atomic E-state index is 14.5. The molecule has 7 nitrogen and oxygen atoms in total. The van der Waals surface area contributed by atoms with E-state index in [1.54, 1.807) is 62.4 Å². The standard InChI is InChI=1S/C34H34Cl3N3O4S/c1-4-38-34(42)32(19-25-9-6-5-7-10-25)39(21-26-15-16-27(35)20-30(26)37)33(41)22-40(31-12-8-11-29(36)24(31)3)45(43,44)28-17-13-23(2)14-18-28/h5-18,20,32H,4,19,21-22H2,1-3H3,(H,38,42)/t32-/m0/s1. The molecule has 0 heterocycles. The molecule has 45 heavy (non-hydrogen) atoms. The summed E-state index contributed by atoms with van der Waals surface area (Å²) in [5.74, 6) is -0.991. The van der Waals surface area contributed by atoms with Crippen LogP contribution in [0.15, 0.2) is 95.9 Å². The molecule has 4 aromatic carbocycles. The van der Waals surface area contributed by atoms with E-state index in [0.29, 0.717) is 32.7 Å². The van der Waals surface area contributed by atoms with Crippen molar-refractivity contribution in [2.75, 3.05) is 17.4 Å². The van der Waals surface area contributed by atoms with Crippen LogP contribution >= 0.6 is 34.8 Å². The Balaban J connectivity index is 1.85. The average molecular weight is 687 g/mol. The van der Waals surface area contributed by atoms with Gasteiger partial charge in [-0.2, -0.15) is 0 Å². The van der Waals surface area contributed by atoms with Crippen molar-refractivity contribution < 1.29 is 18.0 Å². The Kier molecular flexibility index (Phi) is 11.6. The molecule has 0 fully saturated rings. The summed E-state index contributed by atoms with van der Waals surface area (Å²) < 4.78 is 29.5. The third-order valence-corrected chi connectivity index (χ3v) is 10.1. The molecule has 4 rings (SSSR count). The first-order valence-electron chi connectivity index (χ1n) is 14.3. The summed E-state index contributed by atoms with van der Waals surface area (Å²) in [6.07, 6.45) is 0.185. The fourth-order valence-electron chi connectivity index (χ4n) is 4.90. The Morgan fingerprint density at radius 2 is 1.53 bits per heavy atom. The SMILES string of the molecule is CCNC(=O)[C@H](Cc1ccccc1)N(Cc1ccc(Cl)cc1Cl)C(=O)CN(c1cccc(Cl)c1C)S(=O)(=O)c1ccc(C)cc1. The number of rotatable bonds is 12. The Labute approximate surface area is 279 Å². The number of hydrogen-bond donors (Lipinski definition) is 1. The van der Waals surface area contributed by atoms with Gasteiger partial charge in [0, 0.05) is 34.6 Å². The van der Waals surface area contributed by atoms with E-state index in [1.165, 1.54) is 17.0 Å². The first kappa shape index (κ1) is 34.3. The molecule has 4 aromatic rings. The minimum absolute atomic E-state index is 0.0112. The van der Waals surface area contributed by atoms with Crippen LogP contribution in [0.4, 0.5) is 5.69 Å². The average Bonchev–Trinajstić information content (AvgIpc) is 3.01. The van der Waals surface area contributed by atoms with Crippen molar-refractivity contribution >= 4 is 62.3 Å². The van der Waals surface area contributed by atoms with Crippen molar-refractivity contribution in [2.45, 2.75) is 44.7 Å². The summed E-state index contributed by atoms with van der Waals surface area (Å²) in [4.78, 5) is 29.5. The van der Waals surface area contributed by atoms with Gasteiger partial charge >= 0.3 is 0 Å². The predicted molar refractivity (Wildman–Crippen MR) is 182 cm³/mol. The number of nitrogens with one attached hydrogen (secondary N) is 1. The van der Waals surface area contributed by atoms with Crippen LogP contribution in [0.3, 0.4) is 0 Å². The van der Waals surface area contributed by atoms with Crippen LogP contribution in [0.2, 0.25) is 15.1 Å². The number of likely N-dealkylation sites (N-methyl/N-ethyl adjacent to an activating group) is 1. The van der Waals surface area contributed by atoms with Gasteiger partial charge < -0.3 is 10.2 Å². The predicted octanol–water partition coefficient (Wildman–Crippen LogP) is 7.24. The molecule has 0 aliphatic rings. The molecular weight excluding hydrogens is 653 g/mol. The van der Waals surface area contributed by atoms with Crippen LogP contribution in [0.1, 0.15) is 29.2 Å². The molecule has 236 valence electrons. The summed E-state index contributed by atoms with van der Waals surface area (Å²) in [7, 11) is -4.26. The number of sulfonamides is 1. The Hall–Kier alpha value is -3.56. The number of amides is 2. The van der Waals surface area contributed by atoms with E-state index in [2.05, 4.69) is 5.32 Å². The molecule has 1 N–H and O–H groups in total. The van der Waals surface area contributed by atoms with Gasteiger partial charge in [-0.05, 0) is 73.9 Å². The lowest BCUT2D eigenvalue weighted by Crippen LogP contribution is -2.53. The molecule has 2 amide bonds. The smallest absolute Gasteiger partial charge is 0.264 e. The molecule has 0 spiro atoms. The van der Waals surface area contributed by atoms with E-state index in [4.69, 9.17) is 34.8 Å². The molecule has 0 aromatic heterocycles. The molecule has 0 bridgehead atoms. The number of benzene rings is 4. The minimum Gasteiger partial charge on any atom is -0.355 e. The zero-order valence-electron chi connectivity index (χ0n) is 25.1. The minimum atomic E-state index is -4.26. The number of carbonyl (C=O) groups excluding carboxylic acids is 2. The monoisotopic (exact) mass is 685 g/mol. The van der Waals surface area contributed by atoms with Crippen molar-refractivity contribution in [3.05, 3.63) is 128 Å². The van der Waals surface area contributed by atoms with E-state index in [9.17, 15) is 18.0 Å². The topological polar surface area (TPSA) is 86.8 Å². The number of anilines is 1. The van der Waals surface area contributed by atoms with Gasteiger partial charge in [0.2, 0.25) is 11.8 Å². The van der Waals surface area contributed by atoms with Crippen molar-refractivity contribution in [2.24, 2.45) is 0 Å². The third-order valence-electron chi connectivity index (χ3n) is 7.37. The van der Waals surface area contributed by atoms with Gasteiger partial charge in [0.25, 0.3) is 10.0 Å². The van der Waals surface area contributed by atoms with E-state index >= 15 is 0 Å². The Bertz CT molecular complexity index is 1770. The molecule has 0 radical (unpaired) electrons. The molecule has 0 aliphatic carbocycles. The van der Waals surface area contributed by atoms with Gasteiger partial charge in [-0.1, -0.05) is 95.0 Å². The van der Waals surface area contributed by atoms with Crippen molar-refractivity contribution in [1.82, 2.24) is 10.2 Å². The lowest BCUT2D eigenvalue weighted by atomic mass is 10.0. The molecule has 0 saturated heterocycles.